The maximum atomic E-state index is 11.3. The Labute approximate surface area is 119 Å². The van der Waals surface area contributed by atoms with Crippen LogP contribution in [0.4, 0.5) is 5.69 Å². The van der Waals surface area contributed by atoms with Crippen molar-refractivity contribution in [3.63, 3.8) is 0 Å². The van der Waals surface area contributed by atoms with E-state index in [9.17, 15) is 9.90 Å². The van der Waals surface area contributed by atoms with Gasteiger partial charge in [-0.2, -0.15) is 0 Å². The van der Waals surface area contributed by atoms with E-state index < -0.39 is 5.97 Å². The quantitative estimate of drug-likeness (QED) is 0.834. The summed E-state index contributed by atoms with van der Waals surface area (Å²) in [5.74, 6) is 0.480. The summed E-state index contributed by atoms with van der Waals surface area (Å²) < 4.78 is 0. The van der Waals surface area contributed by atoms with Crippen LogP contribution in [0, 0.1) is 5.92 Å². The van der Waals surface area contributed by atoms with E-state index >= 15 is 0 Å². The molecule has 5 heteroatoms. The summed E-state index contributed by atoms with van der Waals surface area (Å²) in [6, 6.07) is 0. The molecule has 1 aliphatic carbocycles. The zero-order valence-corrected chi connectivity index (χ0v) is 12.2. The molecule has 0 aliphatic heterocycles. The average molecular weight is 277 g/mol. The van der Waals surface area contributed by atoms with Gasteiger partial charge in [-0.3, -0.25) is 0 Å². The molecule has 0 unspecified atom stereocenters. The molecule has 0 aromatic carbocycles. The van der Waals surface area contributed by atoms with E-state index in [1.165, 1.54) is 25.7 Å². The monoisotopic (exact) mass is 277 g/mol. The highest BCUT2D eigenvalue weighted by atomic mass is 16.4. The first kappa shape index (κ1) is 14.8. The van der Waals surface area contributed by atoms with Crippen LogP contribution in [-0.2, 0) is 0 Å². The van der Waals surface area contributed by atoms with Gasteiger partial charge in [0, 0.05) is 12.5 Å². The van der Waals surface area contributed by atoms with E-state index in [4.69, 9.17) is 0 Å². The Kier molecular flexibility index (Phi) is 4.93. The van der Waals surface area contributed by atoms with Crippen molar-refractivity contribution in [1.29, 1.82) is 0 Å². The second kappa shape index (κ2) is 6.68. The van der Waals surface area contributed by atoms with Gasteiger partial charge in [0.05, 0.1) is 11.9 Å². The van der Waals surface area contributed by atoms with Crippen molar-refractivity contribution < 1.29 is 9.90 Å². The molecule has 1 heterocycles. The highest BCUT2D eigenvalue weighted by Crippen LogP contribution is 2.27. The fraction of sp³-hybridized carbons (Fsp3) is 0.667. The first-order chi connectivity index (χ1) is 9.58. The second-order valence-corrected chi connectivity index (χ2v) is 5.82. The minimum absolute atomic E-state index is 0.0788. The van der Waals surface area contributed by atoms with Gasteiger partial charge in [-0.15, -0.1) is 0 Å². The Morgan fingerprint density at radius 3 is 2.75 bits per heavy atom. The van der Waals surface area contributed by atoms with Crippen LogP contribution in [0.1, 0.15) is 68.2 Å². The zero-order chi connectivity index (χ0) is 14.5. The lowest BCUT2D eigenvalue weighted by Crippen LogP contribution is -2.14. The fourth-order valence-corrected chi connectivity index (χ4v) is 2.68. The van der Waals surface area contributed by atoms with E-state index in [1.807, 2.05) is 13.8 Å². The third kappa shape index (κ3) is 3.68. The number of hydrogen-bond acceptors (Lipinski definition) is 4. The Morgan fingerprint density at radius 2 is 2.15 bits per heavy atom. The molecule has 20 heavy (non-hydrogen) atoms. The minimum Gasteiger partial charge on any atom is -0.476 e. The van der Waals surface area contributed by atoms with Crippen molar-refractivity contribution >= 4 is 11.7 Å². The summed E-state index contributed by atoms with van der Waals surface area (Å²) in [7, 11) is 0. The average Bonchev–Trinajstić information content (AvgIpc) is 2.91. The summed E-state index contributed by atoms with van der Waals surface area (Å²) in [5, 5.41) is 12.4. The molecule has 0 bridgehead atoms. The molecular formula is C15H23N3O2. The first-order valence-corrected chi connectivity index (χ1v) is 7.42. The molecule has 1 aromatic rings. The highest BCUT2D eigenvalue weighted by Gasteiger charge is 2.17. The molecule has 0 saturated heterocycles. The Balaban J connectivity index is 2.00. The van der Waals surface area contributed by atoms with Crippen LogP contribution in [0.2, 0.25) is 0 Å². The smallest absolute Gasteiger partial charge is 0.356 e. The van der Waals surface area contributed by atoms with Gasteiger partial charge >= 0.3 is 5.97 Å². The number of rotatable bonds is 6. The molecule has 0 atom stereocenters. The molecule has 1 aromatic heterocycles. The summed E-state index contributed by atoms with van der Waals surface area (Å²) in [6.45, 7) is 4.69. The Morgan fingerprint density at radius 1 is 1.45 bits per heavy atom. The van der Waals surface area contributed by atoms with Crippen LogP contribution in [0.5, 0.6) is 0 Å². The summed E-state index contributed by atoms with van der Waals surface area (Å²) >= 11 is 0. The molecule has 0 amide bonds. The molecule has 2 N–H and O–H groups in total. The number of carboxylic acid groups (broad SMARTS) is 1. The molecule has 1 saturated carbocycles. The van der Waals surface area contributed by atoms with Gasteiger partial charge < -0.3 is 10.4 Å². The standard InChI is InChI=1S/C15H23N3O2/c1-10(2)14-17-9-12(13(18-14)15(19)20)16-8-7-11-5-3-4-6-11/h9-11,16H,3-8H2,1-2H3,(H,19,20). The van der Waals surface area contributed by atoms with Gasteiger partial charge in [0.2, 0.25) is 0 Å². The van der Waals surface area contributed by atoms with Crippen molar-refractivity contribution in [3.8, 4) is 0 Å². The van der Waals surface area contributed by atoms with E-state index in [2.05, 4.69) is 15.3 Å². The van der Waals surface area contributed by atoms with Crippen LogP contribution >= 0.6 is 0 Å². The lowest BCUT2D eigenvalue weighted by molar-refractivity contribution is 0.0691. The predicted molar refractivity (Wildman–Crippen MR) is 78.1 cm³/mol. The van der Waals surface area contributed by atoms with Crippen molar-refractivity contribution in [2.75, 3.05) is 11.9 Å². The van der Waals surface area contributed by atoms with Gasteiger partial charge in [-0.05, 0) is 12.3 Å². The molecule has 1 aliphatic rings. The molecule has 5 nitrogen and oxygen atoms in total. The van der Waals surface area contributed by atoms with Crippen molar-refractivity contribution in [1.82, 2.24) is 9.97 Å². The topological polar surface area (TPSA) is 75.1 Å². The van der Waals surface area contributed by atoms with Gasteiger partial charge in [0.25, 0.3) is 0 Å². The first-order valence-electron chi connectivity index (χ1n) is 7.42. The van der Waals surface area contributed by atoms with Crippen LogP contribution in [0.25, 0.3) is 0 Å². The Bertz CT molecular complexity index is 468. The number of nitrogens with zero attached hydrogens (tertiary/aromatic N) is 2. The number of aromatic carboxylic acids is 1. The largest absolute Gasteiger partial charge is 0.476 e. The fourth-order valence-electron chi connectivity index (χ4n) is 2.68. The minimum atomic E-state index is -1.00. The van der Waals surface area contributed by atoms with E-state index in [1.54, 1.807) is 6.20 Å². The highest BCUT2D eigenvalue weighted by molar-refractivity contribution is 5.91. The van der Waals surface area contributed by atoms with Crippen molar-refractivity contribution in [3.05, 3.63) is 17.7 Å². The third-order valence-corrected chi connectivity index (χ3v) is 3.87. The molecule has 110 valence electrons. The summed E-state index contributed by atoms with van der Waals surface area (Å²) in [6.07, 6.45) is 7.95. The number of anilines is 1. The zero-order valence-electron chi connectivity index (χ0n) is 12.2. The number of nitrogens with one attached hydrogen (secondary N) is 1. The molecule has 2 rings (SSSR count). The van der Waals surface area contributed by atoms with E-state index in [-0.39, 0.29) is 11.6 Å². The van der Waals surface area contributed by atoms with Crippen LogP contribution in [-0.4, -0.2) is 27.6 Å². The van der Waals surface area contributed by atoms with Crippen LogP contribution < -0.4 is 5.32 Å². The maximum Gasteiger partial charge on any atom is 0.356 e. The van der Waals surface area contributed by atoms with Crippen molar-refractivity contribution in [2.24, 2.45) is 5.92 Å². The number of carboxylic acids is 1. The normalized spacial score (nSPS) is 15.8. The molecule has 0 radical (unpaired) electrons. The van der Waals surface area contributed by atoms with Gasteiger partial charge in [0.1, 0.15) is 5.82 Å². The number of carbonyl (C=O) groups is 1. The molecule has 0 spiro atoms. The van der Waals surface area contributed by atoms with Crippen LogP contribution in [0.15, 0.2) is 6.20 Å². The summed E-state index contributed by atoms with van der Waals surface area (Å²) in [5.41, 5.74) is 0.606. The van der Waals surface area contributed by atoms with Gasteiger partial charge in [-0.25, -0.2) is 14.8 Å². The van der Waals surface area contributed by atoms with E-state index in [0.29, 0.717) is 11.5 Å². The lowest BCUT2D eigenvalue weighted by atomic mass is 10.0. The van der Waals surface area contributed by atoms with Gasteiger partial charge in [0.15, 0.2) is 5.69 Å². The predicted octanol–water partition coefficient (Wildman–Crippen LogP) is 3.29. The molecule has 1 fully saturated rings. The molecular weight excluding hydrogens is 254 g/mol. The second-order valence-electron chi connectivity index (χ2n) is 5.82. The van der Waals surface area contributed by atoms with Gasteiger partial charge in [-0.1, -0.05) is 39.5 Å². The lowest BCUT2D eigenvalue weighted by Gasteiger charge is -2.13. The SMILES string of the molecule is CC(C)c1ncc(NCCC2CCCC2)c(C(=O)O)n1. The van der Waals surface area contributed by atoms with Crippen LogP contribution in [0.3, 0.4) is 0 Å². The Hall–Kier alpha value is -1.65. The number of hydrogen-bond donors (Lipinski definition) is 2. The number of aromatic nitrogens is 2. The van der Waals surface area contributed by atoms with E-state index in [0.717, 1.165) is 18.9 Å². The van der Waals surface area contributed by atoms with Crippen molar-refractivity contribution in [2.45, 2.75) is 51.9 Å². The maximum absolute atomic E-state index is 11.3. The third-order valence-electron chi connectivity index (χ3n) is 3.87. The summed E-state index contributed by atoms with van der Waals surface area (Å²) in [4.78, 5) is 19.7.